The lowest BCUT2D eigenvalue weighted by Crippen LogP contribution is -2.44. The van der Waals surface area contributed by atoms with Gasteiger partial charge < -0.3 is 16.4 Å². The van der Waals surface area contributed by atoms with E-state index >= 15 is 0 Å². The van der Waals surface area contributed by atoms with Gasteiger partial charge in [0.05, 0.1) is 6.04 Å². The molecule has 0 aliphatic carbocycles. The number of fused-ring (bicyclic) bond motifs is 3. The lowest BCUT2D eigenvalue weighted by molar-refractivity contribution is 0.236. The molecule has 3 rings (SSSR count). The Labute approximate surface area is 94.6 Å². The van der Waals surface area contributed by atoms with Crippen molar-refractivity contribution in [3.05, 3.63) is 5.82 Å². The molecular formula is C10H18N6. The predicted octanol–water partition coefficient (Wildman–Crippen LogP) is -0.645. The summed E-state index contributed by atoms with van der Waals surface area (Å²) >= 11 is 0. The zero-order valence-electron chi connectivity index (χ0n) is 9.32. The monoisotopic (exact) mass is 222 g/mol. The Morgan fingerprint density at radius 2 is 2.38 bits per heavy atom. The van der Waals surface area contributed by atoms with Gasteiger partial charge in [-0.3, -0.25) is 0 Å². The molecule has 0 saturated carbocycles. The first-order valence-corrected chi connectivity index (χ1v) is 5.98. The molecule has 1 saturated heterocycles. The first-order valence-electron chi connectivity index (χ1n) is 5.98. The van der Waals surface area contributed by atoms with Crippen LogP contribution in [0.15, 0.2) is 0 Å². The summed E-state index contributed by atoms with van der Waals surface area (Å²) < 4.78 is 2.07. The Hall–Kier alpha value is -1.14. The van der Waals surface area contributed by atoms with Gasteiger partial charge in [-0.2, -0.15) is 10.1 Å². The van der Waals surface area contributed by atoms with Crippen molar-refractivity contribution in [1.29, 1.82) is 0 Å². The second-order valence-electron chi connectivity index (χ2n) is 4.54. The van der Waals surface area contributed by atoms with Crippen LogP contribution in [0.4, 0.5) is 5.95 Å². The summed E-state index contributed by atoms with van der Waals surface area (Å²) in [5.74, 6) is 2.42. The van der Waals surface area contributed by atoms with Crippen LogP contribution in [0.5, 0.6) is 0 Å². The van der Waals surface area contributed by atoms with Gasteiger partial charge in [-0.25, -0.2) is 4.68 Å². The normalized spacial score (nSPS) is 28.1. The molecule has 0 amide bonds. The minimum Gasteiger partial charge on any atom is -0.354 e. The number of hydrogen-bond donors (Lipinski definition) is 3. The van der Waals surface area contributed by atoms with E-state index in [9.17, 15) is 0 Å². The largest absolute Gasteiger partial charge is 0.354 e. The van der Waals surface area contributed by atoms with Gasteiger partial charge in [0.1, 0.15) is 0 Å². The fraction of sp³-hybridized carbons (Fsp3) is 0.800. The summed E-state index contributed by atoms with van der Waals surface area (Å²) in [6.07, 6.45) is 1.90. The Morgan fingerprint density at radius 3 is 3.25 bits per heavy atom. The van der Waals surface area contributed by atoms with Gasteiger partial charge in [-0.1, -0.05) is 0 Å². The molecule has 0 bridgehead atoms. The third-order valence-electron chi connectivity index (χ3n) is 3.45. The number of nitrogens with zero attached hydrogens (tertiary/aromatic N) is 3. The molecule has 88 valence electrons. The highest BCUT2D eigenvalue weighted by atomic mass is 15.4. The Bertz CT molecular complexity index is 373. The molecule has 2 aliphatic heterocycles. The standard InChI is InChI=1S/C10H18N6/c11-3-1-9-14-10-13-6-7-5-12-4-2-8(7)16(10)15-9/h7-8,12H,1-6,11H2,(H,13,14,15). The summed E-state index contributed by atoms with van der Waals surface area (Å²) in [6.45, 7) is 3.76. The fourth-order valence-electron chi connectivity index (χ4n) is 2.62. The summed E-state index contributed by atoms with van der Waals surface area (Å²) in [5, 5.41) is 11.3. The highest BCUT2D eigenvalue weighted by molar-refractivity contribution is 5.29. The Morgan fingerprint density at radius 1 is 1.44 bits per heavy atom. The molecule has 3 heterocycles. The molecule has 2 atom stereocenters. The maximum Gasteiger partial charge on any atom is 0.221 e. The van der Waals surface area contributed by atoms with E-state index in [1.54, 1.807) is 0 Å². The average molecular weight is 222 g/mol. The molecule has 6 heteroatoms. The molecule has 0 spiro atoms. The van der Waals surface area contributed by atoms with E-state index < -0.39 is 0 Å². The van der Waals surface area contributed by atoms with Crippen molar-refractivity contribution in [3.8, 4) is 0 Å². The molecule has 0 radical (unpaired) electrons. The number of piperidine rings is 1. The van der Waals surface area contributed by atoms with E-state index in [1.807, 2.05) is 0 Å². The van der Waals surface area contributed by atoms with E-state index in [2.05, 4.69) is 25.4 Å². The van der Waals surface area contributed by atoms with Gasteiger partial charge in [-0.15, -0.1) is 0 Å². The van der Waals surface area contributed by atoms with Crippen LogP contribution in [-0.4, -0.2) is 40.9 Å². The number of nitrogens with two attached hydrogens (primary N) is 1. The second-order valence-corrected chi connectivity index (χ2v) is 4.54. The van der Waals surface area contributed by atoms with Crippen molar-refractivity contribution < 1.29 is 0 Å². The number of rotatable bonds is 2. The molecule has 1 aromatic rings. The molecule has 2 unspecified atom stereocenters. The zero-order valence-corrected chi connectivity index (χ0v) is 9.32. The second kappa shape index (κ2) is 4.03. The minimum atomic E-state index is 0.511. The summed E-state index contributed by atoms with van der Waals surface area (Å²) in [4.78, 5) is 4.47. The minimum absolute atomic E-state index is 0.511. The Kier molecular flexibility index (Phi) is 2.53. The lowest BCUT2D eigenvalue weighted by atomic mass is 9.92. The van der Waals surface area contributed by atoms with Crippen molar-refractivity contribution in [1.82, 2.24) is 20.1 Å². The van der Waals surface area contributed by atoms with Gasteiger partial charge in [0.25, 0.3) is 0 Å². The molecule has 1 aromatic heterocycles. The van der Waals surface area contributed by atoms with Crippen LogP contribution in [0.1, 0.15) is 18.3 Å². The van der Waals surface area contributed by atoms with E-state index in [1.165, 1.54) is 0 Å². The van der Waals surface area contributed by atoms with Crippen LogP contribution < -0.4 is 16.4 Å². The van der Waals surface area contributed by atoms with Gasteiger partial charge in [0.15, 0.2) is 5.82 Å². The van der Waals surface area contributed by atoms with Crippen LogP contribution in [0.25, 0.3) is 0 Å². The quantitative estimate of drug-likeness (QED) is 0.620. The smallest absolute Gasteiger partial charge is 0.221 e. The third kappa shape index (κ3) is 1.58. The first-order chi connectivity index (χ1) is 7.88. The van der Waals surface area contributed by atoms with Crippen LogP contribution in [0, 0.1) is 5.92 Å². The number of nitrogens with one attached hydrogen (secondary N) is 2. The van der Waals surface area contributed by atoms with Gasteiger partial charge in [0.2, 0.25) is 5.95 Å². The molecule has 16 heavy (non-hydrogen) atoms. The molecule has 0 aromatic carbocycles. The molecule has 1 fully saturated rings. The van der Waals surface area contributed by atoms with E-state index in [4.69, 9.17) is 5.73 Å². The van der Waals surface area contributed by atoms with Crippen molar-refractivity contribution in [3.63, 3.8) is 0 Å². The summed E-state index contributed by atoms with van der Waals surface area (Å²) in [6, 6.07) is 0.511. The third-order valence-corrected chi connectivity index (χ3v) is 3.45. The molecule has 4 N–H and O–H groups in total. The zero-order chi connectivity index (χ0) is 11.0. The van der Waals surface area contributed by atoms with Crippen molar-refractivity contribution in [2.75, 3.05) is 31.5 Å². The molecule has 2 aliphatic rings. The number of anilines is 1. The van der Waals surface area contributed by atoms with E-state index in [0.717, 1.165) is 44.2 Å². The highest BCUT2D eigenvalue weighted by Crippen LogP contribution is 2.30. The van der Waals surface area contributed by atoms with Crippen LogP contribution in [-0.2, 0) is 6.42 Å². The first kappa shape index (κ1) is 10.0. The maximum atomic E-state index is 5.53. The summed E-state index contributed by atoms with van der Waals surface area (Å²) in [5.41, 5.74) is 5.53. The van der Waals surface area contributed by atoms with Crippen LogP contribution in [0.3, 0.4) is 0 Å². The fourth-order valence-corrected chi connectivity index (χ4v) is 2.62. The predicted molar refractivity (Wildman–Crippen MR) is 61.3 cm³/mol. The summed E-state index contributed by atoms with van der Waals surface area (Å²) in [7, 11) is 0. The molecular weight excluding hydrogens is 204 g/mol. The van der Waals surface area contributed by atoms with Crippen LogP contribution >= 0.6 is 0 Å². The topological polar surface area (TPSA) is 80.8 Å². The van der Waals surface area contributed by atoms with Gasteiger partial charge >= 0.3 is 0 Å². The van der Waals surface area contributed by atoms with Crippen molar-refractivity contribution in [2.45, 2.75) is 18.9 Å². The van der Waals surface area contributed by atoms with Crippen molar-refractivity contribution >= 4 is 5.95 Å². The molecule has 6 nitrogen and oxygen atoms in total. The van der Waals surface area contributed by atoms with Gasteiger partial charge in [0, 0.05) is 25.4 Å². The number of aromatic nitrogens is 3. The number of hydrogen-bond acceptors (Lipinski definition) is 5. The highest BCUT2D eigenvalue weighted by Gasteiger charge is 2.33. The SMILES string of the molecule is NCCc1nc2n(n1)C1CCNCC1CN2. The Balaban J connectivity index is 1.88. The van der Waals surface area contributed by atoms with Crippen molar-refractivity contribution in [2.24, 2.45) is 11.7 Å². The maximum absolute atomic E-state index is 5.53. The van der Waals surface area contributed by atoms with Gasteiger partial charge in [-0.05, 0) is 19.5 Å². The van der Waals surface area contributed by atoms with E-state index in [0.29, 0.717) is 18.5 Å². The van der Waals surface area contributed by atoms with E-state index in [-0.39, 0.29) is 0 Å². The lowest BCUT2D eigenvalue weighted by Gasteiger charge is -2.36. The average Bonchev–Trinajstić information content (AvgIpc) is 2.72. The van der Waals surface area contributed by atoms with Crippen LogP contribution in [0.2, 0.25) is 0 Å².